The summed E-state index contributed by atoms with van der Waals surface area (Å²) in [7, 11) is 0. The van der Waals surface area contributed by atoms with Gasteiger partial charge in [0.05, 0.1) is 12.2 Å². The van der Waals surface area contributed by atoms with E-state index in [0.717, 1.165) is 5.69 Å². The fraction of sp³-hybridized carbons (Fsp3) is 0.545. The molecule has 0 fully saturated rings. The van der Waals surface area contributed by atoms with E-state index in [9.17, 15) is 4.79 Å². The number of nitrogens with zero attached hydrogens (tertiary/aromatic N) is 2. The Kier molecular flexibility index (Phi) is 5.42. The van der Waals surface area contributed by atoms with Crippen molar-refractivity contribution in [2.45, 2.75) is 32.7 Å². The summed E-state index contributed by atoms with van der Waals surface area (Å²) in [5.74, 6) is 0.691. The molecular formula is C11H17N3O2. The van der Waals surface area contributed by atoms with Gasteiger partial charge < -0.3 is 10.4 Å². The van der Waals surface area contributed by atoms with Crippen LogP contribution < -0.4 is 5.32 Å². The molecule has 0 radical (unpaired) electrons. The van der Waals surface area contributed by atoms with Gasteiger partial charge in [-0.1, -0.05) is 0 Å². The molecule has 0 spiro atoms. The molecule has 0 aromatic carbocycles. The molecule has 2 N–H and O–H groups in total. The molecule has 1 aromatic rings. The molecule has 0 saturated carbocycles. The smallest absolute Gasteiger partial charge is 0.220 e. The Morgan fingerprint density at radius 3 is 3.00 bits per heavy atom. The SMILES string of the molecule is Cc1nccc(CNC(=O)CCCCO)n1. The molecule has 0 saturated heterocycles. The topological polar surface area (TPSA) is 75.1 Å². The number of aliphatic hydroxyl groups excluding tert-OH is 1. The van der Waals surface area contributed by atoms with E-state index in [-0.39, 0.29) is 12.5 Å². The number of hydrogen-bond donors (Lipinski definition) is 2. The first-order valence-corrected chi connectivity index (χ1v) is 5.38. The predicted molar refractivity (Wildman–Crippen MR) is 59.6 cm³/mol. The third-order valence-corrected chi connectivity index (χ3v) is 2.11. The van der Waals surface area contributed by atoms with Crippen molar-refractivity contribution in [3.05, 3.63) is 23.8 Å². The molecule has 0 atom stereocenters. The molecule has 16 heavy (non-hydrogen) atoms. The highest BCUT2D eigenvalue weighted by Gasteiger charge is 2.01. The Balaban J connectivity index is 2.26. The number of nitrogens with one attached hydrogen (secondary N) is 1. The van der Waals surface area contributed by atoms with E-state index in [1.807, 2.05) is 6.92 Å². The Morgan fingerprint density at radius 1 is 1.50 bits per heavy atom. The largest absolute Gasteiger partial charge is 0.396 e. The highest BCUT2D eigenvalue weighted by molar-refractivity contribution is 5.75. The van der Waals surface area contributed by atoms with Crippen LogP contribution in [-0.4, -0.2) is 27.6 Å². The second-order valence-electron chi connectivity index (χ2n) is 3.55. The predicted octanol–water partition coefficient (Wildman–Crippen LogP) is 0.564. The fourth-order valence-electron chi connectivity index (χ4n) is 1.28. The van der Waals surface area contributed by atoms with Gasteiger partial charge in [-0.3, -0.25) is 4.79 Å². The molecule has 88 valence electrons. The van der Waals surface area contributed by atoms with Crippen LogP contribution in [0.25, 0.3) is 0 Å². The molecule has 1 aromatic heterocycles. The van der Waals surface area contributed by atoms with Crippen LogP contribution in [0.2, 0.25) is 0 Å². The van der Waals surface area contributed by atoms with Crippen LogP contribution in [0.4, 0.5) is 0 Å². The van der Waals surface area contributed by atoms with Gasteiger partial charge in [0.2, 0.25) is 5.91 Å². The summed E-state index contributed by atoms with van der Waals surface area (Å²) in [6, 6.07) is 1.78. The van der Waals surface area contributed by atoms with E-state index < -0.39 is 0 Å². The summed E-state index contributed by atoms with van der Waals surface area (Å²) < 4.78 is 0. The van der Waals surface area contributed by atoms with Crippen LogP contribution in [0.15, 0.2) is 12.3 Å². The van der Waals surface area contributed by atoms with E-state index >= 15 is 0 Å². The van der Waals surface area contributed by atoms with Gasteiger partial charge in [-0.05, 0) is 25.8 Å². The van der Waals surface area contributed by atoms with Crippen molar-refractivity contribution >= 4 is 5.91 Å². The number of carbonyl (C=O) groups excluding carboxylic acids is 1. The van der Waals surface area contributed by atoms with Crippen molar-refractivity contribution in [2.75, 3.05) is 6.61 Å². The lowest BCUT2D eigenvalue weighted by atomic mass is 10.2. The zero-order valence-electron chi connectivity index (χ0n) is 9.44. The molecule has 1 amide bonds. The lowest BCUT2D eigenvalue weighted by molar-refractivity contribution is -0.121. The summed E-state index contributed by atoms with van der Waals surface area (Å²) in [4.78, 5) is 19.5. The quantitative estimate of drug-likeness (QED) is 0.691. The number of hydrogen-bond acceptors (Lipinski definition) is 4. The minimum Gasteiger partial charge on any atom is -0.396 e. The van der Waals surface area contributed by atoms with Crippen LogP contribution in [0.1, 0.15) is 30.8 Å². The van der Waals surface area contributed by atoms with Gasteiger partial charge in [-0.25, -0.2) is 9.97 Å². The van der Waals surface area contributed by atoms with Crippen LogP contribution in [0, 0.1) is 6.92 Å². The van der Waals surface area contributed by atoms with E-state index in [1.165, 1.54) is 0 Å². The Morgan fingerprint density at radius 2 is 2.31 bits per heavy atom. The number of rotatable bonds is 6. The Hall–Kier alpha value is -1.49. The summed E-state index contributed by atoms with van der Waals surface area (Å²) in [5.41, 5.74) is 0.808. The molecule has 0 aliphatic carbocycles. The van der Waals surface area contributed by atoms with Gasteiger partial charge in [0.1, 0.15) is 5.82 Å². The average Bonchev–Trinajstić information content (AvgIpc) is 2.27. The first-order chi connectivity index (χ1) is 7.72. The monoisotopic (exact) mass is 223 g/mol. The fourth-order valence-corrected chi connectivity index (χ4v) is 1.28. The van der Waals surface area contributed by atoms with Gasteiger partial charge >= 0.3 is 0 Å². The standard InChI is InChI=1S/C11H17N3O2/c1-9-12-6-5-10(14-9)8-13-11(16)4-2-3-7-15/h5-6,15H,2-4,7-8H2,1H3,(H,13,16). The molecule has 0 bridgehead atoms. The maximum Gasteiger partial charge on any atom is 0.220 e. The number of unbranched alkanes of at least 4 members (excludes halogenated alkanes) is 1. The second-order valence-corrected chi connectivity index (χ2v) is 3.55. The highest BCUT2D eigenvalue weighted by atomic mass is 16.2. The molecule has 0 unspecified atom stereocenters. The minimum atomic E-state index is -0.00952. The van der Waals surface area contributed by atoms with E-state index in [2.05, 4.69) is 15.3 Å². The first-order valence-electron chi connectivity index (χ1n) is 5.38. The van der Waals surface area contributed by atoms with Crippen LogP contribution >= 0.6 is 0 Å². The van der Waals surface area contributed by atoms with Crippen LogP contribution in [0.3, 0.4) is 0 Å². The van der Waals surface area contributed by atoms with E-state index in [0.29, 0.717) is 31.6 Å². The van der Waals surface area contributed by atoms with Crippen LogP contribution in [0.5, 0.6) is 0 Å². The van der Waals surface area contributed by atoms with Crippen molar-refractivity contribution < 1.29 is 9.90 Å². The highest BCUT2D eigenvalue weighted by Crippen LogP contribution is 1.97. The summed E-state index contributed by atoms with van der Waals surface area (Å²) in [6.45, 7) is 2.38. The van der Waals surface area contributed by atoms with Crippen LogP contribution in [-0.2, 0) is 11.3 Å². The van der Waals surface area contributed by atoms with Crippen molar-refractivity contribution in [1.29, 1.82) is 0 Å². The van der Waals surface area contributed by atoms with Gasteiger partial charge in [0.25, 0.3) is 0 Å². The average molecular weight is 223 g/mol. The van der Waals surface area contributed by atoms with Crippen molar-refractivity contribution in [2.24, 2.45) is 0 Å². The summed E-state index contributed by atoms with van der Waals surface area (Å²) in [6.07, 6.45) is 3.51. The third kappa shape index (κ3) is 4.84. The molecular weight excluding hydrogens is 206 g/mol. The maximum absolute atomic E-state index is 11.3. The van der Waals surface area contributed by atoms with Gasteiger partial charge in [-0.2, -0.15) is 0 Å². The lowest BCUT2D eigenvalue weighted by Crippen LogP contribution is -2.23. The summed E-state index contributed by atoms with van der Waals surface area (Å²) >= 11 is 0. The molecule has 5 nitrogen and oxygen atoms in total. The summed E-state index contributed by atoms with van der Waals surface area (Å²) in [5, 5.41) is 11.3. The maximum atomic E-state index is 11.3. The number of carbonyl (C=O) groups is 1. The number of aryl methyl sites for hydroxylation is 1. The lowest BCUT2D eigenvalue weighted by Gasteiger charge is -2.04. The molecule has 1 rings (SSSR count). The molecule has 0 aliphatic heterocycles. The molecule has 0 aliphatic rings. The normalized spacial score (nSPS) is 10.1. The van der Waals surface area contributed by atoms with Crippen molar-refractivity contribution in [3.63, 3.8) is 0 Å². The van der Waals surface area contributed by atoms with Gasteiger partial charge in [-0.15, -0.1) is 0 Å². The Bertz CT molecular complexity index is 342. The molecule has 1 heterocycles. The van der Waals surface area contributed by atoms with Gasteiger partial charge in [0.15, 0.2) is 0 Å². The number of aromatic nitrogens is 2. The second kappa shape index (κ2) is 6.90. The zero-order valence-corrected chi connectivity index (χ0v) is 9.44. The Labute approximate surface area is 94.9 Å². The minimum absolute atomic E-state index is 0.00952. The zero-order chi connectivity index (χ0) is 11.8. The van der Waals surface area contributed by atoms with E-state index in [1.54, 1.807) is 12.3 Å². The third-order valence-electron chi connectivity index (χ3n) is 2.11. The van der Waals surface area contributed by atoms with E-state index in [4.69, 9.17) is 5.11 Å². The van der Waals surface area contributed by atoms with Crippen molar-refractivity contribution in [3.8, 4) is 0 Å². The first kappa shape index (κ1) is 12.6. The molecule has 5 heteroatoms. The number of amides is 1. The van der Waals surface area contributed by atoms with Crippen molar-refractivity contribution in [1.82, 2.24) is 15.3 Å². The number of aliphatic hydroxyl groups is 1. The van der Waals surface area contributed by atoms with Gasteiger partial charge in [0, 0.05) is 19.2 Å².